The Morgan fingerprint density at radius 3 is 2.75 bits per heavy atom. The fourth-order valence-corrected chi connectivity index (χ4v) is 4.68. The van der Waals surface area contributed by atoms with Gasteiger partial charge in [0.25, 0.3) is 5.91 Å². The van der Waals surface area contributed by atoms with E-state index >= 15 is 0 Å². The van der Waals surface area contributed by atoms with Gasteiger partial charge in [0, 0.05) is 9.13 Å². The van der Waals surface area contributed by atoms with Crippen LogP contribution in [0.15, 0.2) is 46.3 Å². The van der Waals surface area contributed by atoms with Crippen LogP contribution < -0.4 is 5.32 Å². The summed E-state index contributed by atoms with van der Waals surface area (Å²) < 4.78 is 15.3. The number of para-hydroxylation sites is 1. The van der Waals surface area contributed by atoms with E-state index in [4.69, 9.17) is 0 Å². The zero-order chi connectivity index (χ0) is 17.3. The fourth-order valence-electron chi connectivity index (χ4n) is 1.97. The van der Waals surface area contributed by atoms with Crippen LogP contribution in [0, 0.1) is 13.0 Å². The number of carbonyl (C=O) groups is 1. The maximum absolute atomic E-state index is 13.6. The van der Waals surface area contributed by atoms with Crippen LogP contribution in [-0.2, 0) is 4.79 Å². The lowest BCUT2D eigenvalue weighted by Crippen LogP contribution is -2.19. The highest BCUT2D eigenvalue weighted by molar-refractivity contribution is 14.1. The van der Waals surface area contributed by atoms with Gasteiger partial charge in [-0.05, 0) is 87.3 Å². The highest BCUT2D eigenvalue weighted by Crippen LogP contribution is 2.33. The van der Waals surface area contributed by atoms with E-state index in [9.17, 15) is 14.3 Å². The number of phenols is 1. The summed E-state index contributed by atoms with van der Waals surface area (Å²) in [5.74, 6) is -0.665. The fraction of sp³-hybridized carbons (Fsp3) is 0. The summed E-state index contributed by atoms with van der Waals surface area (Å²) in [5.41, 5.74) is 0.712. The molecule has 0 aliphatic carbocycles. The van der Waals surface area contributed by atoms with Gasteiger partial charge >= 0.3 is 0 Å². The molecule has 0 aromatic heterocycles. The number of thioether (sulfide) groups is 1. The maximum atomic E-state index is 13.6. The van der Waals surface area contributed by atoms with Crippen molar-refractivity contribution < 1.29 is 14.3 Å². The molecule has 2 aromatic rings. The Hall–Kier alpha value is -1.14. The Labute approximate surface area is 168 Å². The first-order valence-corrected chi connectivity index (χ1v) is 9.63. The monoisotopic (exact) mass is 566 g/mol. The Bertz CT molecular complexity index is 900. The van der Waals surface area contributed by atoms with E-state index in [1.54, 1.807) is 24.3 Å². The van der Waals surface area contributed by atoms with Crippen LogP contribution >= 0.6 is 56.9 Å². The number of amidine groups is 1. The van der Waals surface area contributed by atoms with Gasteiger partial charge in [0.05, 0.1) is 8.48 Å². The van der Waals surface area contributed by atoms with E-state index in [2.05, 4.69) is 32.9 Å². The maximum Gasteiger partial charge on any atom is 0.264 e. The number of nitrogens with one attached hydrogen (secondary N) is 1. The van der Waals surface area contributed by atoms with E-state index in [1.807, 2.05) is 28.7 Å². The minimum absolute atomic E-state index is 0.122. The van der Waals surface area contributed by atoms with E-state index < -0.39 is 5.82 Å². The number of aromatic hydroxyl groups is 1. The van der Waals surface area contributed by atoms with Crippen molar-refractivity contribution in [2.24, 2.45) is 4.99 Å². The van der Waals surface area contributed by atoms with Crippen molar-refractivity contribution in [3.05, 3.63) is 59.8 Å². The van der Waals surface area contributed by atoms with Gasteiger partial charge in [0.2, 0.25) is 0 Å². The van der Waals surface area contributed by atoms with E-state index in [0.29, 0.717) is 19.2 Å². The summed E-state index contributed by atoms with van der Waals surface area (Å²) in [7, 11) is 0. The number of amides is 1. The molecule has 1 aliphatic heterocycles. The van der Waals surface area contributed by atoms with Crippen molar-refractivity contribution in [2.45, 2.75) is 0 Å². The van der Waals surface area contributed by atoms with Crippen LogP contribution in [0.4, 0.5) is 10.1 Å². The molecule has 1 amide bonds. The van der Waals surface area contributed by atoms with Gasteiger partial charge in [-0.1, -0.05) is 12.1 Å². The molecular formula is C16H9FI2N2O2S. The van der Waals surface area contributed by atoms with Crippen molar-refractivity contribution in [3.8, 4) is 5.75 Å². The number of benzene rings is 2. The van der Waals surface area contributed by atoms with Crippen molar-refractivity contribution in [1.29, 1.82) is 0 Å². The summed E-state index contributed by atoms with van der Waals surface area (Å²) in [6, 6.07) is 9.71. The lowest BCUT2D eigenvalue weighted by Gasteiger charge is -2.03. The van der Waals surface area contributed by atoms with Crippen LogP contribution in [0.2, 0.25) is 0 Å². The average molecular weight is 566 g/mol. The zero-order valence-corrected chi connectivity index (χ0v) is 17.0. The molecule has 0 saturated carbocycles. The van der Waals surface area contributed by atoms with Crippen molar-refractivity contribution in [1.82, 2.24) is 5.32 Å². The number of hydrogen-bond acceptors (Lipinski definition) is 4. The molecule has 1 saturated heterocycles. The van der Waals surface area contributed by atoms with Gasteiger partial charge in [-0.25, -0.2) is 9.38 Å². The van der Waals surface area contributed by atoms with Gasteiger partial charge in [-0.15, -0.1) is 0 Å². The molecule has 8 heteroatoms. The molecule has 0 bridgehead atoms. The minimum atomic E-state index is -0.456. The number of rotatable bonds is 2. The Kier molecular flexibility index (Phi) is 5.45. The smallest absolute Gasteiger partial charge is 0.264 e. The third-order valence-electron chi connectivity index (χ3n) is 3.07. The third kappa shape index (κ3) is 3.91. The summed E-state index contributed by atoms with van der Waals surface area (Å²) in [5, 5.41) is 13.0. The molecule has 122 valence electrons. The highest BCUT2D eigenvalue weighted by atomic mass is 127. The lowest BCUT2D eigenvalue weighted by atomic mass is 10.2. The van der Waals surface area contributed by atoms with Crippen molar-refractivity contribution in [3.63, 3.8) is 0 Å². The molecule has 24 heavy (non-hydrogen) atoms. The highest BCUT2D eigenvalue weighted by Gasteiger charge is 2.24. The van der Waals surface area contributed by atoms with Crippen LogP contribution in [0.5, 0.6) is 5.75 Å². The molecule has 0 unspecified atom stereocenters. The van der Waals surface area contributed by atoms with Crippen LogP contribution in [0.3, 0.4) is 0 Å². The number of carbonyl (C=O) groups excluding carboxylic acids is 1. The number of nitrogens with zero attached hydrogens (tertiary/aromatic N) is 1. The first-order chi connectivity index (χ1) is 11.4. The number of hydrogen-bond donors (Lipinski definition) is 2. The van der Waals surface area contributed by atoms with E-state index in [-0.39, 0.29) is 17.3 Å². The van der Waals surface area contributed by atoms with Gasteiger partial charge in [0.15, 0.2) is 5.17 Å². The molecule has 1 heterocycles. The van der Waals surface area contributed by atoms with Gasteiger partial charge in [-0.3, -0.25) is 4.79 Å². The Morgan fingerprint density at radius 1 is 1.25 bits per heavy atom. The number of aliphatic imine (C=N–C) groups is 1. The molecule has 1 fully saturated rings. The normalized spacial score (nSPS) is 17.5. The molecule has 0 spiro atoms. The predicted molar refractivity (Wildman–Crippen MR) is 111 cm³/mol. The molecule has 2 N–H and O–H groups in total. The van der Waals surface area contributed by atoms with Crippen LogP contribution in [0.1, 0.15) is 5.56 Å². The summed E-state index contributed by atoms with van der Waals surface area (Å²) in [6.07, 6.45) is 1.60. The van der Waals surface area contributed by atoms with E-state index in [0.717, 1.165) is 15.3 Å². The standard InChI is InChI=1S/C16H9FI2N2O2S/c17-10-3-1-2-4-12(10)20-16-21-15(23)13(24-16)6-8-5-9(18)7-11(19)14(8)22/h1-7,22H,(H,20,21,23)/b13-6-. The SMILES string of the molecule is O=C1NC(=Nc2ccccc2F)S/C1=C\c1cc(I)cc(I)c1O. The molecule has 4 nitrogen and oxygen atoms in total. The summed E-state index contributed by atoms with van der Waals surface area (Å²) in [6.45, 7) is 0. The first-order valence-electron chi connectivity index (χ1n) is 6.66. The predicted octanol–water partition coefficient (Wildman–Crippen LogP) is 4.63. The zero-order valence-electron chi connectivity index (χ0n) is 11.9. The molecule has 1 aliphatic rings. The molecule has 0 radical (unpaired) electrons. The number of phenolic OH excluding ortho intramolecular Hbond substituents is 1. The first kappa shape index (κ1) is 17.7. The van der Waals surface area contributed by atoms with Crippen molar-refractivity contribution >= 4 is 79.8 Å². The second-order valence-electron chi connectivity index (χ2n) is 4.76. The quantitative estimate of drug-likeness (QED) is 0.412. The second kappa shape index (κ2) is 7.40. The molecule has 0 atom stereocenters. The Morgan fingerprint density at radius 2 is 2.00 bits per heavy atom. The largest absolute Gasteiger partial charge is 0.506 e. The van der Waals surface area contributed by atoms with Crippen LogP contribution in [-0.4, -0.2) is 16.2 Å². The average Bonchev–Trinajstić information content (AvgIpc) is 2.86. The molecular weight excluding hydrogens is 557 g/mol. The number of halogens is 3. The van der Waals surface area contributed by atoms with Crippen molar-refractivity contribution in [2.75, 3.05) is 0 Å². The Balaban J connectivity index is 1.92. The molecule has 2 aromatic carbocycles. The molecule has 3 rings (SSSR count). The third-order valence-corrected chi connectivity index (χ3v) is 5.42. The van der Waals surface area contributed by atoms with Gasteiger partial charge in [-0.2, -0.15) is 0 Å². The lowest BCUT2D eigenvalue weighted by molar-refractivity contribution is -0.115. The second-order valence-corrected chi connectivity index (χ2v) is 8.20. The van der Waals surface area contributed by atoms with Gasteiger partial charge < -0.3 is 10.4 Å². The van der Waals surface area contributed by atoms with Gasteiger partial charge in [0.1, 0.15) is 17.3 Å². The topological polar surface area (TPSA) is 61.7 Å². The van der Waals surface area contributed by atoms with Crippen LogP contribution in [0.25, 0.3) is 6.08 Å². The minimum Gasteiger partial charge on any atom is -0.506 e. The summed E-state index contributed by atoms with van der Waals surface area (Å²) >= 11 is 5.28. The van der Waals surface area contributed by atoms with E-state index in [1.165, 1.54) is 12.1 Å². The summed E-state index contributed by atoms with van der Waals surface area (Å²) in [4.78, 5) is 16.6.